The Kier molecular flexibility index (Phi) is 5.85. The van der Waals surface area contributed by atoms with Gasteiger partial charge in [0.2, 0.25) is 0 Å². The predicted octanol–water partition coefficient (Wildman–Crippen LogP) is 5.08. The van der Waals surface area contributed by atoms with Crippen molar-refractivity contribution in [2.24, 2.45) is 0 Å². The average Bonchev–Trinajstić information content (AvgIpc) is 2.96. The second-order valence-electron chi connectivity index (χ2n) is 4.42. The summed E-state index contributed by atoms with van der Waals surface area (Å²) in [6.45, 7) is 4.51. The van der Waals surface area contributed by atoms with E-state index in [9.17, 15) is 0 Å². The van der Waals surface area contributed by atoms with Crippen molar-refractivity contribution in [1.29, 1.82) is 0 Å². The monoisotopic (exact) mass is 286 g/mol. The van der Waals surface area contributed by atoms with E-state index in [0.29, 0.717) is 4.63 Å². The first-order chi connectivity index (χ1) is 7.77. The van der Waals surface area contributed by atoms with E-state index in [1.54, 1.807) is 22.3 Å². The minimum absolute atomic E-state index is 0. The van der Waals surface area contributed by atoms with Crippen LogP contribution in [0.3, 0.4) is 0 Å². The first kappa shape index (κ1) is 14.9. The van der Waals surface area contributed by atoms with E-state index >= 15 is 0 Å². The third-order valence-corrected chi connectivity index (χ3v) is 4.53. The van der Waals surface area contributed by atoms with E-state index in [1.165, 1.54) is 12.8 Å². The molecule has 0 saturated heterocycles. The van der Waals surface area contributed by atoms with Gasteiger partial charge in [0, 0.05) is 0 Å². The zero-order chi connectivity index (χ0) is 11.5. The summed E-state index contributed by atoms with van der Waals surface area (Å²) in [7, 11) is 0. The van der Waals surface area contributed by atoms with Crippen molar-refractivity contribution in [3.05, 3.63) is 46.6 Å². The van der Waals surface area contributed by atoms with Crippen LogP contribution in [0.5, 0.6) is 0 Å². The van der Waals surface area contributed by atoms with Crippen molar-refractivity contribution < 1.29 is 17.4 Å². The van der Waals surface area contributed by atoms with Crippen molar-refractivity contribution in [2.75, 3.05) is 0 Å². The molecule has 0 aromatic carbocycles. The fourth-order valence-electron chi connectivity index (χ4n) is 2.61. The summed E-state index contributed by atoms with van der Waals surface area (Å²) in [4.78, 5) is 0. The van der Waals surface area contributed by atoms with E-state index in [4.69, 9.17) is 0 Å². The summed E-state index contributed by atoms with van der Waals surface area (Å²) in [5, 5.41) is 0. The van der Waals surface area contributed by atoms with Gasteiger partial charge in [-0.25, -0.2) is 0 Å². The molecule has 0 saturated carbocycles. The summed E-state index contributed by atoms with van der Waals surface area (Å²) >= 11 is 2.89. The molecular formula is C15H20ClV. The maximum atomic E-state index is 2.89. The molecule has 0 radical (unpaired) electrons. The zero-order valence-corrected chi connectivity index (χ0v) is 12.8. The Hall–Kier alpha value is -0.166. The molecule has 0 fully saturated rings. The van der Waals surface area contributed by atoms with E-state index in [2.05, 4.69) is 55.6 Å². The summed E-state index contributed by atoms with van der Waals surface area (Å²) in [5.74, 6) is 0. The number of allylic oxidation sites excluding steroid dienone is 8. The molecule has 2 heteroatoms. The fraction of sp³-hybridized carbons (Fsp3) is 0.467. The van der Waals surface area contributed by atoms with E-state index in [1.807, 2.05) is 0 Å². The molecule has 0 nitrogen and oxygen atoms in total. The maximum Gasteiger partial charge on any atom is -0.147 e. The van der Waals surface area contributed by atoms with Crippen LogP contribution in [-0.4, -0.2) is 0 Å². The molecule has 0 amide bonds. The van der Waals surface area contributed by atoms with Gasteiger partial charge in [0.15, 0.2) is 0 Å². The van der Waals surface area contributed by atoms with Gasteiger partial charge < -0.3 is 0 Å². The van der Waals surface area contributed by atoms with Gasteiger partial charge in [0.25, 0.3) is 0 Å². The van der Waals surface area contributed by atoms with Crippen molar-refractivity contribution in [2.45, 2.75) is 44.2 Å². The van der Waals surface area contributed by atoms with Crippen LogP contribution in [0.2, 0.25) is 4.63 Å². The van der Waals surface area contributed by atoms with Gasteiger partial charge in [-0.2, -0.15) is 0 Å². The first-order valence-electron chi connectivity index (χ1n) is 6.22. The van der Waals surface area contributed by atoms with Crippen molar-refractivity contribution in [3.8, 4) is 0 Å². The minimum atomic E-state index is 0. The molecule has 2 rings (SSSR count). The van der Waals surface area contributed by atoms with Gasteiger partial charge >= 0.3 is 108 Å². The van der Waals surface area contributed by atoms with Crippen molar-refractivity contribution in [3.63, 3.8) is 0 Å². The molecule has 0 N–H and O–H groups in total. The third-order valence-electron chi connectivity index (χ3n) is 3.56. The van der Waals surface area contributed by atoms with Crippen LogP contribution in [-0.2, 0) is 17.4 Å². The smallest absolute Gasteiger partial charge is 0.147 e. The Bertz CT molecular complexity index is 361. The Morgan fingerprint density at radius 1 is 1.00 bits per heavy atom. The van der Waals surface area contributed by atoms with Gasteiger partial charge in [0.1, 0.15) is 0 Å². The van der Waals surface area contributed by atoms with Crippen LogP contribution in [0, 0.1) is 0 Å². The molecule has 0 heterocycles. The van der Waals surface area contributed by atoms with Gasteiger partial charge in [-0.15, -0.1) is 12.4 Å². The SMILES string of the molecule is CCC1=C([CH]([V])C2=C(CC)C=CC2)CC=C1.Cl. The van der Waals surface area contributed by atoms with E-state index < -0.39 is 0 Å². The molecule has 2 aliphatic rings. The Morgan fingerprint density at radius 2 is 1.41 bits per heavy atom. The van der Waals surface area contributed by atoms with Gasteiger partial charge in [-0.05, 0) is 0 Å². The van der Waals surface area contributed by atoms with Crippen molar-refractivity contribution >= 4 is 12.4 Å². The second kappa shape index (κ2) is 6.68. The summed E-state index contributed by atoms with van der Waals surface area (Å²) in [5.41, 5.74) is 6.38. The molecule has 0 aromatic heterocycles. The quantitative estimate of drug-likeness (QED) is 0.676. The fourth-order valence-corrected chi connectivity index (χ4v) is 3.45. The van der Waals surface area contributed by atoms with E-state index in [-0.39, 0.29) is 12.4 Å². The number of hydrogen-bond donors (Lipinski definition) is 0. The Balaban J connectivity index is 0.00000144. The molecule has 0 spiro atoms. The normalized spacial score (nSPS) is 18.5. The van der Waals surface area contributed by atoms with Crippen LogP contribution in [0.1, 0.15) is 39.5 Å². The molecule has 2 aliphatic carbocycles. The largest absolute Gasteiger partial charge is 0.147 e. The maximum absolute atomic E-state index is 2.89. The van der Waals surface area contributed by atoms with Gasteiger partial charge in [-0.3, -0.25) is 0 Å². The molecule has 0 aliphatic heterocycles. The summed E-state index contributed by atoms with van der Waals surface area (Å²) in [6.07, 6.45) is 13.9. The standard InChI is InChI=1S/C15H19.ClH.V/c1-3-12-7-5-9-14(12)11-15-10-6-8-13(15)4-2;;/h5-8,11H,3-4,9-10H2,1-2H3;1H;. The van der Waals surface area contributed by atoms with Crippen LogP contribution >= 0.6 is 12.4 Å². The average molecular weight is 287 g/mol. The second-order valence-corrected chi connectivity index (χ2v) is 5.23. The van der Waals surface area contributed by atoms with Gasteiger partial charge in [0.05, 0.1) is 0 Å². The molecule has 92 valence electrons. The van der Waals surface area contributed by atoms with Crippen LogP contribution in [0.4, 0.5) is 0 Å². The first-order valence-corrected chi connectivity index (χ1v) is 7.03. The zero-order valence-electron chi connectivity index (χ0n) is 10.6. The topological polar surface area (TPSA) is 0 Å². The molecule has 0 atom stereocenters. The van der Waals surface area contributed by atoms with Crippen LogP contribution in [0.25, 0.3) is 0 Å². The molecular weight excluding hydrogens is 267 g/mol. The number of halogens is 1. The predicted molar refractivity (Wildman–Crippen MR) is 73.1 cm³/mol. The summed E-state index contributed by atoms with van der Waals surface area (Å²) < 4.78 is 0.586. The van der Waals surface area contributed by atoms with Crippen LogP contribution < -0.4 is 0 Å². The Labute approximate surface area is 120 Å². The third kappa shape index (κ3) is 2.99. The Morgan fingerprint density at radius 3 is 1.76 bits per heavy atom. The number of hydrogen-bond acceptors (Lipinski definition) is 0. The summed E-state index contributed by atoms with van der Waals surface area (Å²) in [6, 6.07) is 0. The molecule has 17 heavy (non-hydrogen) atoms. The molecule has 0 bridgehead atoms. The van der Waals surface area contributed by atoms with E-state index in [0.717, 1.165) is 12.8 Å². The van der Waals surface area contributed by atoms with Gasteiger partial charge in [-0.1, -0.05) is 0 Å². The minimum Gasteiger partial charge on any atom is -0.147 e. The van der Waals surface area contributed by atoms with Crippen LogP contribution in [0.15, 0.2) is 46.6 Å². The molecule has 0 aromatic rings. The number of rotatable bonds is 4. The van der Waals surface area contributed by atoms with Crippen molar-refractivity contribution in [1.82, 2.24) is 0 Å². The molecule has 0 unspecified atom stereocenters.